The minimum Gasteiger partial charge on any atom is -0.469 e. The van der Waals surface area contributed by atoms with Gasteiger partial charge in [-0.2, -0.15) is 12.6 Å². The first kappa shape index (κ1) is 9.82. The average molecular weight is 162 g/mol. The molecular formula is C7H14O2S. The molecule has 0 aromatic rings. The zero-order valence-corrected chi connectivity index (χ0v) is 7.36. The van der Waals surface area contributed by atoms with Gasteiger partial charge < -0.3 is 4.74 Å². The fourth-order valence-corrected chi connectivity index (χ4v) is 1.04. The number of methoxy groups -OCH3 is 1. The molecule has 60 valence electrons. The van der Waals surface area contributed by atoms with Crippen LogP contribution in [0.5, 0.6) is 0 Å². The van der Waals surface area contributed by atoms with Crippen molar-refractivity contribution in [2.75, 3.05) is 12.9 Å². The highest BCUT2D eigenvalue weighted by molar-refractivity contribution is 7.80. The molecule has 0 amide bonds. The molecule has 0 aromatic heterocycles. The third-order valence-electron chi connectivity index (χ3n) is 1.52. The number of esters is 1. The summed E-state index contributed by atoms with van der Waals surface area (Å²) in [4.78, 5) is 10.7. The van der Waals surface area contributed by atoms with Crippen molar-refractivity contribution in [3.8, 4) is 0 Å². The second-order valence-corrected chi connectivity index (χ2v) is 2.60. The number of hydrogen-bond acceptors (Lipinski definition) is 3. The largest absolute Gasteiger partial charge is 0.469 e. The molecule has 0 fully saturated rings. The van der Waals surface area contributed by atoms with E-state index in [1.165, 1.54) is 7.11 Å². The highest BCUT2D eigenvalue weighted by Crippen LogP contribution is 2.09. The Balaban J connectivity index is 3.52. The molecule has 0 aliphatic rings. The topological polar surface area (TPSA) is 26.3 Å². The third-order valence-corrected chi connectivity index (χ3v) is 2.03. The minimum absolute atomic E-state index is 0.138. The Morgan fingerprint density at radius 3 is 2.60 bits per heavy atom. The maximum atomic E-state index is 10.7. The molecule has 0 bridgehead atoms. The number of carbonyl (C=O) groups is 1. The van der Waals surface area contributed by atoms with Crippen LogP contribution in [0.2, 0.25) is 0 Å². The number of carbonyl (C=O) groups excluding carboxylic acids is 1. The fraction of sp³-hybridized carbons (Fsp3) is 0.857. The normalized spacial score (nSPS) is 12.7. The van der Waals surface area contributed by atoms with E-state index in [0.29, 0.717) is 12.3 Å². The monoisotopic (exact) mass is 162 g/mol. The molecule has 0 aromatic carbocycles. The molecule has 0 rings (SSSR count). The van der Waals surface area contributed by atoms with E-state index >= 15 is 0 Å². The minimum atomic E-state index is -0.138. The van der Waals surface area contributed by atoms with E-state index < -0.39 is 0 Å². The summed E-state index contributed by atoms with van der Waals surface area (Å²) in [5, 5.41) is 0. The smallest absolute Gasteiger partial charge is 0.305 e. The van der Waals surface area contributed by atoms with Crippen LogP contribution in [0.15, 0.2) is 0 Å². The quantitative estimate of drug-likeness (QED) is 0.501. The molecule has 0 heterocycles. The fourth-order valence-electron chi connectivity index (χ4n) is 0.657. The van der Waals surface area contributed by atoms with Crippen molar-refractivity contribution in [2.45, 2.75) is 19.8 Å². The first-order valence-corrected chi connectivity index (χ1v) is 4.05. The van der Waals surface area contributed by atoms with Gasteiger partial charge in [0.15, 0.2) is 0 Å². The van der Waals surface area contributed by atoms with Crippen LogP contribution in [0.4, 0.5) is 0 Å². The van der Waals surface area contributed by atoms with Gasteiger partial charge in [-0.15, -0.1) is 0 Å². The Hall–Kier alpha value is -0.180. The van der Waals surface area contributed by atoms with Crippen molar-refractivity contribution in [3.05, 3.63) is 0 Å². The Kier molecular flexibility index (Phi) is 5.49. The maximum Gasteiger partial charge on any atom is 0.305 e. The first-order chi connectivity index (χ1) is 4.74. The van der Waals surface area contributed by atoms with Crippen molar-refractivity contribution in [3.63, 3.8) is 0 Å². The summed E-state index contributed by atoms with van der Waals surface area (Å²) in [5.41, 5.74) is 0. The summed E-state index contributed by atoms with van der Waals surface area (Å²) in [6.45, 7) is 2.05. The average Bonchev–Trinajstić information content (AvgIpc) is 1.99. The van der Waals surface area contributed by atoms with Crippen LogP contribution >= 0.6 is 12.6 Å². The molecule has 0 spiro atoms. The van der Waals surface area contributed by atoms with Gasteiger partial charge in [-0.1, -0.05) is 13.3 Å². The summed E-state index contributed by atoms with van der Waals surface area (Å²) >= 11 is 4.10. The lowest BCUT2D eigenvalue weighted by Gasteiger charge is -2.08. The Labute approximate surface area is 67.4 Å². The molecule has 0 aliphatic carbocycles. The number of ether oxygens (including phenoxy) is 1. The Morgan fingerprint density at radius 2 is 2.30 bits per heavy atom. The summed E-state index contributed by atoms with van der Waals surface area (Å²) in [7, 11) is 1.41. The van der Waals surface area contributed by atoms with Crippen molar-refractivity contribution in [1.29, 1.82) is 0 Å². The lowest BCUT2D eigenvalue weighted by atomic mass is 10.1. The molecule has 0 N–H and O–H groups in total. The van der Waals surface area contributed by atoms with Crippen LogP contribution < -0.4 is 0 Å². The van der Waals surface area contributed by atoms with Crippen LogP contribution in [0.25, 0.3) is 0 Å². The van der Waals surface area contributed by atoms with Gasteiger partial charge in [0.25, 0.3) is 0 Å². The van der Waals surface area contributed by atoms with Gasteiger partial charge in [0.2, 0.25) is 0 Å². The molecule has 0 saturated heterocycles. The van der Waals surface area contributed by atoms with Crippen LogP contribution in [0, 0.1) is 5.92 Å². The molecule has 10 heavy (non-hydrogen) atoms. The van der Waals surface area contributed by atoms with Gasteiger partial charge in [0, 0.05) is 6.42 Å². The maximum absolute atomic E-state index is 10.7. The van der Waals surface area contributed by atoms with Crippen molar-refractivity contribution in [1.82, 2.24) is 0 Å². The summed E-state index contributed by atoms with van der Waals surface area (Å²) in [6, 6.07) is 0. The van der Waals surface area contributed by atoms with E-state index in [1.54, 1.807) is 0 Å². The molecule has 0 aliphatic heterocycles. The van der Waals surface area contributed by atoms with Gasteiger partial charge in [-0.3, -0.25) is 4.79 Å². The van der Waals surface area contributed by atoms with Crippen LogP contribution in [0.1, 0.15) is 19.8 Å². The molecule has 1 atom stereocenters. The van der Waals surface area contributed by atoms with E-state index in [-0.39, 0.29) is 5.97 Å². The molecule has 0 saturated carbocycles. The SMILES string of the molecule is CCC(CS)CC(=O)OC. The van der Waals surface area contributed by atoms with Crippen molar-refractivity contribution in [2.24, 2.45) is 5.92 Å². The van der Waals surface area contributed by atoms with E-state index in [4.69, 9.17) is 0 Å². The third kappa shape index (κ3) is 3.77. The summed E-state index contributed by atoms with van der Waals surface area (Å²) in [6.07, 6.45) is 1.48. The van der Waals surface area contributed by atoms with E-state index in [1.807, 2.05) is 6.92 Å². The second-order valence-electron chi connectivity index (χ2n) is 2.24. The van der Waals surface area contributed by atoms with Gasteiger partial charge in [-0.05, 0) is 11.7 Å². The second kappa shape index (κ2) is 5.59. The number of thiol groups is 1. The van der Waals surface area contributed by atoms with E-state index in [9.17, 15) is 4.79 Å². The van der Waals surface area contributed by atoms with Crippen LogP contribution in [0.3, 0.4) is 0 Å². The van der Waals surface area contributed by atoms with E-state index in [2.05, 4.69) is 17.4 Å². The van der Waals surface area contributed by atoms with Gasteiger partial charge in [-0.25, -0.2) is 0 Å². The van der Waals surface area contributed by atoms with Gasteiger partial charge >= 0.3 is 5.97 Å². The lowest BCUT2D eigenvalue weighted by molar-refractivity contribution is -0.141. The zero-order valence-electron chi connectivity index (χ0n) is 6.46. The Bertz CT molecular complexity index is 99.8. The predicted octanol–water partition coefficient (Wildman–Crippen LogP) is 1.51. The highest BCUT2D eigenvalue weighted by Gasteiger charge is 2.09. The molecule has 1 unspecified atom stereocenters. The number of hydrogen-bond donors (Lipinski definition) is 1. The van der Waals surface area contributed by atoms with E-state index in [0.717, 1.165) is 12.2 Å². The zero-order chi connectivity index (χ0) is 7.98. The summed E-state index contributed by atoms with van der Waals surface area (Å²) < 4.78 is 4.51. The molecular weight excluding hydrogens is 148 g/mol. The molecule has 0 radical (unpaired) electrons. The van der Waals surface area contributed by atoms with Crippen molar-refractivity contribution < 1.29 is 9.53 Å². The Morgan fingerprint density at radius 1 is 1.70 bits per heavy atom. The number of rotatable bonds is 4. The van der Waals surface area contributed by atoms with Crippen LogP contribution in [-0.2, 0) is 9.53 Å². The lowest BCUT2D eigenvalue weighted by Crippen LogP contribution is -2.10. The highest BCUT2D eigenvalue weighted by atomic mass is 32.1. The van der Waals surface area contributed by atoms with Gasteiger partial charge in [0.05, 0.1) is 7.11 Å². The van der Waals surface area contributed by atoms with Crippen LogP contribution in [-0.4, -0.2) is 18.8 Å². The standard InChI is InChI=1S/C7H14O2S/c1-3-6(5-10)4-7(8)9-2/h6,10H,3-5H2,1-2H3. The van der Waals surface area contributed by atoms with Crippen molar-refractivity contribution >= 4 is 18.6 Å². The molecule has 3 heteroatoms. The first-order valence-electron chi connectivity index (χ1n) is 3.42. The predicted molar refractivity (Wildman–Crippen MR) is 44.3 cm³/mol. The molecule has 2 nitrogen and oxygen atoms in total. The van der Waals surface area contributed by atoms with Gasteiger partial charge in [0.1, 0.15) is 0 Å². The summed E-state index contributed by atoms with van der Waals surface area (Å²) in [5.74, 6) is 0.989.